The SMILES string of the molecule is CC(c1ccccc1)N1CCN(C(C)(Cc2cc(C(F)(F)F)cc(C(F)(F)F)c2)c2ccccc2)CC1. The third-order valence-electron chi connectivity index (χ3n) is 7.43. The zero-order chi connectivity index (χ0) is 26.8. The summed E-state index contributed by atoms with van der Waals surface area (Å²) >= 11 is 0. The fourth-order valence-electron chi connectivity index (χ4n) is 5.26. The fourth-order valence-corrected chi connectivity index (χ4v) is 5.26. The number of alkyl halides is 6. The molecule has 0 spiro atoms. The first kappa shape index (κ1) is 27.2. The molecule has 2 unspecified atom stereocenters. The van der Waals surface area contributed by atoms with Gasteiger partial charge in [0.1, 0.15) is 0 Å². The molecular weight excluding hydrogens is 490 g/mol. The molecule has 1 fully saturated rings. The standard InChI is InChI=1S/C29H30F6N2/c1-21(23-9-5-3-6-10-23)36-13-15-37(16-14-36)27(2,24-11-7-4-8-12-24)20-22-17-25(28(30,31)32)19-26(18-22)29(33,34)35/h3-12,17-19,21H,13-16,20H2,1-2H3. The first-order chi connectivity index (χ1) is 17.4. The van der Waals surface area contributed by atoms with E-state index in [0.29, 0.717) is 13.1 Å². The Balaban J connectivity index is 1.64. The van der Waals surface area contributed by atoms with Crippen molar-refractivity contribution in [3.8, 4) is 0 Å². The first-order valence-electron chi connectivity index (χ1n) is 12.3. The van der Waals surface area contributed by atoms with Crippen LogP contribution in [0.15, 0.2) is 78.9 Å². The monoisotopic (exact) mass is 520 g/mol. The van der Waals surface area contributed by atoms with Gasteiger partial charge in [-0.1, -0.05) is 60.7 Å². The largest absolute Gasteiger partial charge is 0.416 e. The molecule has 37 heavy (non-hydrogen) atoms. The molecule has 2 nitrogen and oxygen atoms in total. The van der Waals surface area contributed by atoms with Gasteiger partial charge in [-0.3, -0.25) is 9.80 Å². The van der Waals surface area contributed by atoms with E-state index >= 15 is 0 Å². The molecule has 0 amide bonds. The van der Waals surface area contributed by atoms with Crippen LogP contribution in [0.25, 0.3) is 0 Å². The van der Waals surface area contributed by atoms with Crippen LogP contribution >= 0.6 is 0 Å². The third kappa shape index (κ3) is 6.18. The second kappa shape index (κ2) is 10.5. The van der Waals surface area contributed by atoms with Crippen molar-refractivity contribution in [3.63, 3.8) is 0 Å². The van der Waals surface area contributed by atoms with Crippen LogP contribution in [0.5, 0.6) is 0 Å². The van der Waals surface area contributed by atoms with E-state index in [4.69, 9.17) is 0 Å². The third-order valence-corrected chi connectivity index (χ3v) is 7.43. The number of hydrogen-bond donors (Lipinski definition) is 0. The van der Waals surface area contributed by atoms with Crippen molar-refractivity contribution in [3.05, 3.63) is 107 Å². The van der Waals surface area contributed by atoms with Gasteiger partial charge in [0.2, 0.25) is 0 Å². The zero-order valence-electron chi connectivity index (χ0n) is 20.8. The van der Waals surface area contributed by atoms with Crippen molar-refractivity contribution in [2.45, 2.75) is 44.2 Å². The minimum atomic E-state index is -4.88. The molecule has 0 saturated carbocycles. The topological polar surface area (TPSA) is 6.48 Å². The molecule has 4 rings (SSSR count). The summed E-state index contributed by atoms with van der Waals surface area (Å²) in [6, 6.07) is 21.5. The normalized spacial score (nSPS) is 18.4. The second-order valence-electron chi connectivity index (χ2n) is 9.84. The van der Waals surface area contributed by atoms with Gasteiger partial charge in [-0.05, 0) is 55.2 Å². The van der Waals surface area contributed by atoms with Crippen molar-refractivity contribution in [1.29, 1.82) is 0 Å². The summed E-state index contributed by atoms with van der Waals surface area (Å²) in [7, 11) is 0. The van der Waals surface area contributed by atoms with E-state index in [0.717, 1.165) is 30.8 Å². The molecule has 0 aromatic heterocycles. The Kier molecular flexibility index (Phi) is 7.72. The van der Waals surface area contributed by atoms with E-state index in [9.17, 15) is 26.3 Å². The maximum absolute atomic E-state index is 13.5. The van der Waals surface area contributed by atoms with Crippen molar-refractivity contribution in [2.75, 3.05) is 26.2 Å². The van der Waals surface area contributed by atoms with Crippen molar-refractivity contribution in [1.82, 2.24) is 9.80 Å². The van der Waals surface area contributed by atoms with Crippen molar-refractivity contribution < 1.29 is 26.3 Å². The molecule has 1 heterocycles. The van der Waals surface area contributed by atoms with Crippen LogP contribution in [0.2, 0.25) is 0 Å². The number of hydrogen-bond acceptors (Lipinski definition) is 2. The van der Waals surface area contributed by atoms with Crippen molar-refractivity contribution in [2.24, 2.45) is 0 Å². The molecule has 1 aliphatic heterocycles. The number of rotatable bonds is 6. The molecule has 3 aromatic rings. The lowest BCUT2D eigenvalue weighted by Gasteiger charge is -2.48. The maximum Gasteiger partial charge on any atom is 0.416 e. The fraction of sp³-hybridized carbons (Fsp3) is 0.379. The Morgan fingerprint density at radius 2 is 1.16 bits per heavy atom. The predicted molar refractivity (Wildman–Crippen MR) is 132 cm³/mol. The lowest BCUT2D eigenvalue weighted by molar-refractivity contribution is -0.143. The van der Waals surface area contributed by atoms with Crippen LogP contribution in [0.3, 0.4) is 0 Å². The summed E-state index contributed by atoms with van der Waals surface area (Å²) in [5.74, 6) is 0. The molecule has 2 atom stereocenters. The van der Waals surface area contributed by atoms with E-state index in [-0.39, 0.29) is 24.1 Å². The van der Waals surface area contributed by atoms with Gasteiger partial charge >= 0.3 is 12.4 Å². The van der Waals surface area contributed by atoms with Gasteiger partial charge in [0.15, 0.2) is 0 Å². The zero-order valence-corrected chi connectivity index (χ0v) is 20.8. The molecule has 0 radical (unpaired) electrons. The van der Waals surface area contributed by atoms with Gasteiger partial charge in [-0.15, -0.1) is 0 Å². The van der Waals surface area contributed by atoms with Crippen LogP contribution in [0.4, 0.5) is 26.3 Å². The highest BCUT2D eigenvalue weighted by Crippen LogP contribution is 2.39. The van der Waals surface area contributed by atoms with Gasteiger partial charge < -0.3 is 0 Å². The molecule has 3 aromatic carbocycles. The Labute approximate surface area is 213 Å². The van der Waals surface area contributed by atoms with E-state index in [1.807, 2.05) is 55.5 Å². The second-order valence-corrected chi connectivity index (χ2v) is 9.84. The van der Waals surface area contributed by atoms with Crippen LogP contribution in [-0.4, -0.2) is 36.0 Å². The number of nitrogens with zero attached hydrogens (tertiary/aromatic N) is 2. The van der Waals surface area contributed by atoms with E-state index in [1.165, 1.54) is 5.56 Å². The summed E-state index contributed by atoms with van der Waals surface area (Å²) in [4.78, 5) is 4.54. The minimum absolute atomic E-state index is 0.00795. The number of benzene rings is 3. The average molecular weight is 521 g/mol. The van der Waals surface area contributed by atoms with Crippen LogP contribution < -0.4 is 0 Å². The van der Waals surface area contributed by atoms with Gasteiger partial charge in [-0.2, -0.15) is 26.3 Å². The summed E-state index contributed by atoms with van der Waals surface area (Å²) in [5, 5.41) is 0. The van der Waals surface area contributed by atoms with E-state index < -0.39 is 29.0 Å². The van der Waals surface area contributed by atoms with Gasteiger partial charge in [0.05, 0.1) is 11.1 Å². The molecule has 8 heteroatoms. The van der Waals surface area contributed by atoms with Gasteiger partial charge in [-0.25, -0.2) is 0 Å². The smallest absolute Gasteiger partial charge is 0.294 e. The van der Waals surface area contributed by atoms with E-state index in [2.05, 4.69) is 28.9 Å². The maximum atomic E-state index is 13.5. The minimum Gasteiger partial charge on any atom is -0.294 e. The predicted octanol–water partition coefficient (Wildman–Crippen LogP) is 7.56. The van der Waals surface area contributed by atoms with Crippen LogP contribution in [0, 0.1) is 0 Å². The number of halogens is 6. The highest BCUT2D eigenvalue weighted by atomic mass is 19.4. The molecule has 0 bridgehead atoms. The Morgan fingerprint density at radius 1 is 0.676 bits per heavy atom. The first-order valence-corrected chi connectivity index (χ1v) is 12.3. The lowest BCUT2D eigenvalue weighted by Crippen LogP contribution is -2.55. The Morgan fingerprint density at radius 3 is 1.65 bits per heavy atom. The summed E-state index contributed by atoms with van der Waals surface area (Å²) in [6.45, 7) is 6.78. The average Bonchev–Trinajstić information content (AvgIpc) is 2.88. The lowest BCUT2D eigenvalue weighted by atomic mass is 9.82. The highest BCUT2D eigenvalue weighted by molar-refractivity contribution is 5.36. The molecule has 0 aliphatic carbocycles. The summed E-state index contributed by atoms with van der Waals surface area (Å²) in [5.41, 5.74) is -1.30. The summed E-state index contributed by atoms with van der Waals surface area (Å²) in [6.07, 6.45) is -9.74. The molecule has 1 saturated heterocycles. The Hall–Kier alpha value is -2.84. The van der Waals surface area contributed by atoms with Gasteiger partial charge in [0, 0.05) is 37.8 Å². The summed E-state index contributed by atoms with van der Waals surface area (Å²) < 4.78 is 81.1. The van der Waals surface area contributed by atoms with Crippen LogP contribution in [-0.2, 0) is 24.3 Å². The van der Waals surface area contributed by atoms with Gasteiger partial charge in [0.25, 0.3) is 0 Å². The quantitative estimate of drug-likeness (QED) is 0.310. The molecule has 0 N–H and O–H groups in total. The molecule has 1 aliphatic rings. The molecular formula is C29H30F6N2. The van der Waals surface area contributed by atoms with E-state index in [1.54, 1.807) is 0 Å². The van der Waals surface area contributed by atoms with Crippen molar-refractivity contribution >= 4 is 0 Å². The highest BCUT2D eigenvalue weighted by Gasteiger charge is 2.40. The molecule has 198 valence electrons. The van der Waals surface area contributed by atoms with Crippen LogP contribution in [0.1, 0.15) is 47.7 Å². The number of piperazine rings is 1. The Bertz CT molecular complexity index is 1140.